The van der Waals surface area contributed by atoms with Gasteiger partial charge in [0.1, 0.15) is 11.8 Å². The Labute approximate surface area is 177 Å². The Kier molecular flexibility index (Phi) is 7.22. The van der Waals surface area contributed by atoms with Gasteiger partial charge < -0.3 is 15.0 Å². The molecule has 0 saturated carbocycles. The van der Waals surface area contributed by atoms with Gasteiger partial charge in [-0.1, -0.05) is 60.7 Å². The van der Waals surface area contributed by atoms with Crippen LogP contribution in [-0.2, 0) is 22.6 Å². The maximum atomic E-state index is 13.1. The summed E-state index contributed by atoms with van der Waals surface area (Å²) < 4.78 is 5.15. The lowest BCUT2D eigenvalue weighted by Crippen LogP contribution is -2.45. The van der Waals surface area contributed by atoms with Crippen LogP contribution >= 0.6 is 0 Å². The number of carbonyl (C=O) groups is 2. The second-order valence-electron chi connectivity index (χ2n) is 7.06. The van der Waals surface area contributed by atoms with Crippen molar-refractivity contribution in [2.24, 2.45) is 0 Å². The third kappa shape index (κ3) is 5.70. The van der Waals surface area contributed by atoms with Gasteiger partial charge in [0, 0.05) is 12.2 Å². The summed E-state index contributed by atoms with van der Waals surface area (Å²) in [5, 5.41) is 2.89. The number of hydrogen-bond donors (Lipinski definition) is 1. The molecule has 0 aliphatic rings. The molecule has 0 aromatic heterocycles. The fraction of sp³-hybridized carbons (Fsp3) is 0.200. The van der Waals surface area contributed by atoms with Gasteiger partial charge in [-0.15, -0.1) is 0 Å². The third-order valence-corrected chi connectivity index (χ3v) is 4.92. The zero-order chi connectivity index (χ0) is 21.3. The van der Waals surface area contributed by atoms with E-state index in [1.54, 1.807) is 43.2 Å². The molecule has 154 valence electrons. The molecule has 3 aromatic carbocycles. The molecule has 5 nitrogen and oxygen atoms in total. The molecule has 0 fully saturated rings. The summed E-state index contributed by atoms with van der Waals surface area (Å²) in [5.74, 6) is 0.379. The lowest BCUT2D eigenvalue weighted by atomic mass is 10.1. The van der Waals surface area contributed by atoms with E-state index in [0.717, 1.165) is 11.1 Å². The predicted molar refractivity (Wildman–Crippen MR) is 118 cm³/mol. The normalized spacial score (nSPS) is 11.4. The molecule has 0 aliphatic heterocycles. The minimum atomic E-state index is -0.636. The SMILES string of the molecule is COc1ccc(NC(=O)C(C)N(Cc2ccccc2)C(=O)Cc2ccccc2)cc1. The van der Waals surface area contributed by atoms with Crippen LogP contribution < -0.4 is 10.1 Å². The second-order valence-corrected chi connectivity index (χ2v) is 7.06. The van der Waals surface area contributed by atoms with Gasteiger partial charge in [-0.2, -0.15) is 0 Å². The highest BCUT2D eigenvalue weighted by Gasteiger charge is 2.26. The summed E-state index contributed by atoms with van der Waals surface area (Å²) in [4.78, 5) is 27.7. The number of amides is 2. The predicted octanol–water partition coefficient (Wildman–Crippen LogP) is 4.29. The number of ether oxygens (including phenoxy) is 1. The van der Waals surface area contributed by atoms with Gasteiger partial charge in [0.25, 0.3) is 0 Å². The molecule has 3 aromatic rings. The van der Waals surface area contributed by atoms with E-state index in [1.807, 2.05) is 60.7 Å². The number of benzene rings is 3. The highest BCUT2D eigenvalue weighted by molar-refractivity contribution is 5.97. The number of anilines is 1. The Bertz CT molecular complexity index is 957. The Morgan fingerprint density at radius 2 is 1.43 bits per heavy atom. The summed E-state index contributed by atoms with van der Waals surface area (Å²) >= 11 is 0. The van der Waals surface area contributed by atoms with Crippen LogP contribution in [0.1, 0.15) is 18.1 Å². The number of methoxy groups -OCH3 is 1. The van der Waals surface area contributed by atoms with E-state index >= 15 is 0 Å². The largest absolute Gasteiger partial charge is 0.497 e. The maximum absolute atomic E-state index is 13.1. The van der Waals surface area contributed by atoms with Crippen LogP contribution in [0.2, 0.25) is 0 Å². The van der Waals surface area contributed by atoms with Crippen LogP contribution in [0.5, 0.6) is 5.75 Å². The van der Waals surface area contributed by atoms with Gasteiger partial charge >= 0.3 is 0 Å². The van der Waals surface area contributed by atoms with E-state index in [0.29, 0.717) is 18.0 Å². The van der Waals surface area contributed by atoms with Crippen LogP contribution in [0.15, 0.2) is 84.9 Å². The van der Waals surface area contributed by atoms with Gasteiger partial charge in [0.2, 0.25) is 11.8 Å². The van der Waals surface area contributed by atoms with Crippen molar-refractivity contribution in [3.63, 3.8) is 0 Å². The highest BCUT2D eigenvalue weighted by Crippen LogP contribution is 2.17. The maximum Gasteiger partial charge on any atom is 0.246 e. The lowest BCUT2D eigenvalue weighted by Gasteiger charge is -2.29. The van der Waals surface area contributed by atoms with Crippen LogP contribution in [0, 0.1) is 0 Å². The lowest BCUT2D eigenvalue weighted by molar-refractivity contribution is -0.138. The molecule has 0 saturated heterocycles. The Hall–Kier alpha value is -3.60. The molecule has 1 atom stereocenters. The van der Waals surface area contributed by atoms with Crippen molar-refractivity contribution >= 4 is 17.5 Å². The quantitative estimate of drug-likeness (QED) is 0.611. The molecule has 0 radical (unpaired) electrons. The Morgan fingerprint density at radius 3 is 2.00 bits per heavy atom. The number of hydrogen-bond acceptors (Lipinski definition) is 3. The van der Waals surface area contributed by atoms with Gasteiger partial charge in [0.05, 0.1) is 13.5 Å². The van der Waals surface area contributed by atoms with E-state index in [1.165, 1.54) is 0 Å². The molecule has 0 aliphatic carbocycles. The molecule has 2 amide bonds. The standard InChI is InChI=1S/C25H26N2O3/c1-19(25(29)26-22-13-15-23(30-2)16-14-22)27(18-21-11-7-4-8-12-21)24(28)17-20-9-5-3-6-10-20/h3-16,19H,17-18H2,1-2H3,(H,26,29). The first-order valence-electron chi connectivity index (χ1n) is 9.89. The van der Waals surface area contributed by atoms with E-state index in [-0.39, 0.29) is 18.2 Å². The van der Waals surface area contributed by atoms with E-state index in [4.69, 9.17) is 4.74 Å². The average Bonchev–Trinajstić information content (AvgIpc) is 2.79. The number of nitrogens with one attached hydrogen (secondary N) is 1. The van der Waals surface area contributed by atoms with Crippen LogP contribution in [-0.4, -0.2) is 29.9 Å². The molecular formula is C25H26N2O3. The van der Waals surface area contributed by atoms with Crippen molar-refractivity contribution in [1.82, 2.24) is 4.90 Å². The highest BCUT2D eigenvalue weighted by atomic mass is 16.5. The fourth-order valence-electron chi connectivity index (χ4n) is 3.16. The molecule has 1 unspecified atom stereocenters. The molecule has 0 heterocycles. The van der Waals surface area contributed by atoms with E-state index in [9.17, 15) is 9.59 Å². The molecular weight excluding hydrogens is 376 g/mol. The summed E-state index contributed by atoms with van der Waals surface area (Å²) in [6, 6.07) is 25.7. The molecule has 1 N–H and O–H groups in total. The van der Waals surface area contributed by atoms with Gasteiger partial charge in [0.15, 0.2) is 0 Å². The first kappa shape index (κ1) is 21.1. The molecule has 0 bridgehead atoms. The fourth-order valence-corrected chi connectivity index (χ4v) is 3.16. The molecule has 0 spiro atoms. The minimum Gasteiger partial charge on any atom is -0.497 e. The average molecular weight is 402 g/mol. The van der Waals surface area contributed by atoms with Crippen molar-refractivity contribution in [1.29, 1.82) is 0 Å². The van der Waals surface area contributed by atoms with Crippen LogP contribution in [0.4, 0.5) is 5.69 Å². The zero-order valence-corrected chi connectivity index (χ0v) is 17.2. The summed E-state index contributed by atoms with van der Waals surface area (Å²) in [7, 11) is 1.59. The summed E-state index contributed by atoms with van der Waals surface area (Å²) in [6.07, 6.45) is 0.244. The van der Waals surface area contributed by atoms with E-state index < -0.39 is 6.04 Å². The monoisotopic (exact) mass is 402 g/mol. The first-order valence-corrected chi connectivity index (χ1v) is 9.89. The second kappa shape index (κ2) is 10.3. The topological polar surface area (TPSA) is 58.6 Å². The van der Waals surface area contributed by atoms with Gasteiger partial charge in [-0.25, -0.2) is 0 Å². The smallest absolute Gasteiger partial charge is 0.246 e. The van der Waals surface area contributed by atoms with Crippen LogP contribution in [0.3, 0.4) is 0 Å². The van der Waals surface area contributed by atoms with Crippen LogP contribution in [0.25, 0.3) is 0 Å². The molecule has 30 heavy (non-hydrogen) atoms. The molecule has 3 rings (SSSR count). The summed E-state index contributed by atoms with van der Waals surface area (Å²) in [5.41, 5.74) is 2.55. The van der Waals surface area contributed by atoms with E-state index in [2.05, 4.69) is 5.32 Å². The Morgan fingerprint density at radius 1 is 0.867 bits per heavy atom. The number of nitrogens with zero attached hydrogens (tertiary/aromatic N) is 1. The number of carbonyl (C=O) groups excluding carboxylic acids is 2. The van der Waals surface area contributed by atoms with Crippen molar-refractivity contribution in [2.45, 2.75) is 25.9 Å². The van der Waals surface area contributed by atoms with Gasteiger partial charge in [-0.3, -0.25) is 9.59 Å². The van der Waals surface area contributed by atoms with Gasteiger partial charge in [-0.05, 0) is 42.3 Å². The third-order valence-electron chi connectivity index (χ3n) is 4.92. The van der Waals surface area contributed by atoms with Crippen molar-refractivity contribution in [2.75, 3.05) is 12.4 Å². The minimum absolute atomic E-state index is 0.0950. The first-order chi connectivity index (χ1) is 14.6. The van der Waals surface area contributed by atoms with Crippen molar-refractivity contribution < 1.29 is 14.3 Å². The zero-order valence-electron chi connectivity index (χ0n) is 17.2. The number of rotatable bonds is 8. The molecule has 5 heteroatoms. The Balaban J connectivity index is 1.76. The van der Waals surface area contributed by atoms with Crippen molar-refractivity contribution in [3.05, 3.63) is 96.1 Å². The summed E-state index contributed by atoms with van der Waals surface area (Å²) in [6.45, 7) is 2.12. The van der Waals surface area contributed by atoms with Crippen molar-refractivity contribution in [3.8, 4) is 5.75 Å².